The first-order chi connectivity index (χ1) is 11.2. The second-order valence-corrected chi connectivity index (χ2v) is 6.03. The predicted molar refractivity (Wildman–Crippen MR) is 103 cm³/mol. The molecule has 0 bridgehead atoms. The summed E-state index contributed by atoms with van der Waals surface area (Å²) in [6.07, 6.45) is 0.217. The molecule has 2 N–H and O–H groups in total. The number of nitrogens with one attached hydrogen (secondary N) is 2. The Balaban J connectivity index is 0.00000288. The Labute approximate surface area is 157 Å². The minimum Gasteiger partial charge on any atom is -0.476 e. The molecule has 1 amide bonds. The Morgan fingerprint density at radius 1 is 1.08 bits per heavy atom. The maximum Gasteiger partial charge on any atom is 0.265 e. The molecule has 0 saturated carbocycles. The summed E-state index contributed by atoms with van der Waals surface area (Å²) in [4.78, 5) is 12.5. The summed E-state index contributed by atoms with van der Waals surface area (Å²) in [5, 5.41) is 5.99. The van der Waals surface area contributed by atoms with E-state index in [1.165, 1.54) is 0 Å². The third kappa shape index (κ3) is 6.51. The van der Waals surface area contributed by atoms with Gasteiger partial charge >= 0.3 is 0 Å². The SMILES string of the molecule is CNCCCNC(=O)C(Oc1ccc(Br)cc1)c1ccccc1.Cl. The Morgan fingerprint density at radius 2 is 1.75 bits per heavy atom. The van der Waals surface area contributed by atoms with Crippen molar-refractivity contribution in [2.45, 2.75) is 12.5 Å². The fourth-order valence-corrected chi connectivity index (χ4v) is 2.38. The smallest absolute Gasteiger partial charge is 0.265 e. The van der Waals surface area contributed by atoms with Crippen LogP contribution < -0.4 is 15.4 Å². The fraction of sp³-hybridized carbons (Fsp3) is 0.278. The van der Waals surface area contributed by atoms with Gasteiger partial charge in [0.25, 0.3) is 5.91 Å². The number of carbonyl (C=O) groups is 1. The molecular formula is C18H22BrClN2O2. The molecule has 1 atom stereocenters. The lowest BCUT2D eigenvalue weighted by Crippen LogP contribution is -2.34. The number of amides is 1. The van der Waals surface area contributed by atoms with E-state index in [2.05, 4.69) is 26.6 Å². The molecule has 130 valence electrons. The van der Waals surface area contributed by atoms with E-state index in [1.807, 2.05) is 61.6 Å². The van der Waals surface area contributed by atoms with E-state index in [4.69, 9.17) is 4.74 Å². The van der Waals surface area contributed by atoms with E-state index >= 15 is 0 Å². The predicted octanol–water partition coefficient (Wildman–Crippen LogP) is 3.72. The molecule has 0 aliphatic rings. The lowest BCUT2D eigenvalue weighted by Gasteiger charge is -2.19. The van der Waals surface area contributed by atoms with E-state index in [9.17, 15) is 4.79 Å². The van der Waals surface area contributed by atoms with Gasteiger partial charge in [-0.3, -0.25) is 4.79 Å². The summed E-state index contributed by atoms with van der Waals surface area (Å²) in [5.74, 6) is 0.530. The molecule has 24 heavy (non-hydrogen) atoms. The van der Waals surface area contributed by atoms with E-state index in [0.717, 1.165) is 23.0 Å². The Hall–Kier alpha value is -1.56. The van der Waals surface area contributed by atoms with E-state index in [0.29, 0.717) is 12.3 Å². The topological polar surface area (TPSA) is 50.4 Å². The third-order valence-corrected chi connectivity index (χ3v) is 3.84. The number of carbonyl (C=O) groups excluding carboxylic acids is 1. The van der Waals surface area contributed by atoms with Gasteiger partial charge < -0.3 is 15.4 Å². The number of rotatable bonds is 8. The Kier molecular flexibility index (Phi) is 9.45. The molecule has 0 heterocycles. The molecule has 0 radical (unpaired) electrons. The molecule has 2 aromatic carbocycles. The summed E-state index contributed by atoms with van der Waals surface area (Å²) < 4.78 is 6.90. The van der Waals surface area contributed by atoms with Crippen LogP contribution in [0.3, 0.4) is 0 Å². The normalized spacial score (nSPS) is 11.2. The Morgan fingerprint density at radius 3 is 2.38 bits per heavy atom. The molecule has 1 unspecified atom stereocenters. The van der Waals surface area contributed by atoms with E-state index in [1.54, 1.807) is 0 Å². The van der Waals surface area contributed by atoms with Gasteiger partial charge in [0.2, 0.25) is 6.10 Å². The molecule has 2 rings (SSSR count). The maximum atomic E-state index is 12.5. The van der Waals surface area contributed by atoms with Crippen LogP contribution in [0.4, 0.5) is 0 Å². The number of ether oxygens (including phenoxy) is 1. The first-order valence-corrected chi connectivity index (χ1v) is 8.39. The first kappa shape index (κ1) is 20.5. The van der Waals surface area contributed by atoms with Crippen LogP contribution in [0.2, 0.25) is 0 Å². The molecule has 4 nitrogen and oxygen atoms in total. The average Bonchev–Trinajstić information content (AvgIpc) is 2.59. The van der Waals surface area contributed by atoms with Gasteiger partial charge in [-0.1, -0.05) is 46.3 Å². The highest BCUT2D eigenvalue weighted by Gasteiger charge is 2.22. The first-order valence-electron chi connectivity index (χ1n) is 7.60. The van der Waals surface area contributed by atoms with Crippen molar-refractivity contribution in [3.63, 3.8) is 0 Å². The standard InChI is InChI=1S/C18H21BrN2O2.ClH/c1-20-12-5-13-21-18(22)17(14-6-3-2-4-7-14)23-16-10-8-15(19)9-11-16;/h2-4,6-11,17,20H,5,12-13H2,1H3,(H,21,22);1H. The lowest BCUT2D eigenvalue weighted by atomic mass is 10.1. The van der Waals surface area contributed by atoms with Crippen molar-refractivity contribution in [3.05, 3.63) is 64.6 Å². The summed E-state index contributed by atoms with van der Waals surface area (Å²) in [7, 11) is 1.89. The van der Waals surface area contributed by atoms with Crippen molar-refractivity contribution >= 4 is 34.2 Å². The molecule has 0 spiro atoms. The van der Waals surface area contributed by atoms with Crippen molar-refractivity contribution in [1.82, 2.24) is 10.6 Å². The highest BCUT2D eigenvalue weighted by molar-refractivity contribution is 9.10. The van der Waals surface area contributed by atoms with Crippen molar-refractivity contribution in [2.75, 3.05) is 20.1 Å². The number of benzene rings is 2. The van der Waals surface area contributed by atoms with Crippen LogP contribution in [0, 0.1) is 0 Å². The molecule has 0 aliphatic carbocycles. The van der Waals surface area contributed by atoms with Crippen LogP contribution in [0.5, 0.6) is 5.75 Å². The van der Waals surface area contributed by atoms with Gasteiger partial charge in [-0.15, -0.1) is 12.4 Å². The van der Waals surface area contributed by atoms with E-state index < -0.39 is 6.10 Å². The quantitative estimate of drug-likeness (QED) is 0.649. The Bertz CT molecular complexity index is 608. The van der Waals surface area contributed by atoms with Gasteiger partial charge in [0.15, 0.2) is 0 Å². The van der Waals surface area contributed by atoms with Crippen LogP contribution in [0.15, 0.2) is 59.1 Å². The van der Waals surface area contributed by atoms with Gasteiger partial charge in [-0.25, -0.2) is 0 Å². The van der Waals surface area contributed by atoms with Crippen LogP contribution in [0.25, 0.3) is 0 Å². The minimum absolute atomic E-state index is 0. The fourth-order valence-electron chi connectivity index (χ4n) is 2.12. The summed E-state index contributed by atoms with van der Waals surface area (Å²) in [6, 6.07) is 17.0. The summed E-state index contributed by atoms with van der Waals surface area (Å²) in [6.45, 7) is 1.48. The molecule has 0 saturated heterocycles. The van der Waals surface area contributed by atoms with Crippen molar-refractivity contribution in [2.24, 2.45) is 0 Å². The molecule has 0 fully saturated rings. The summed E-state index contributed by atoms with van der Waals surface area (Å²) in [5.41, 5.74) is 0.835. The average molecular weight is 414 g/mol. The van der Waals surface area contributed by atoms with Gasteiger partial charge in [0, 0.05) is 16.6 Å². The van der Waals surface area contributed by atoms with Crippen molar-refractivity contribution in [3.8, 4) is 5.75 Å². The minimum atomic E-state index is -0.660. The molecule has 0 aromatic heterocycles. The van der Waals surface area contributed by atoms with Crippen LogP contribution in [-0.4, -0.2) is 26.0 Å². The highest BCUT2D eigenvalue weighted by Crippen LogP contribution is 2.24. The van der Waals surface area contributed by atoms with Crippen molar-refractivity contribution < 1.29 is 9.53 Å². The van der Waals surface area contributed by atoms with Crippen LogP contribution in [-0.2, 0) is 4.79 Å². The number of hydrogen-bond acceptors (Lipinski definition) is 3. The van der Waals surface area contributed by atoms with Crippen LogP contribution >= 0.6 is 28.3 Å². The second kappa shape index (κ2) is 11.1. The zero-order chi connectivity index (χ0) is 16.5. The number of hydrogen-bond donors (Lipinski definition) is 2. The van der Waals surface area contributed by atoms with E-state index in [-0.39, 0.29) is 18.3 Å². The molecular weight excluding hydrogens is 392 g/mol. The van der Waals surface area contributed by atoms with Gasteiger partial charge in [0.05, 0.1) is 0 Å². The third-order valence-electron chi connectivity index (χ3n) is 3.31. The van der Waals surface area contributed by atoms with Gasteiger partial charge in [-0.2, -0.15) is 0 Å². The summed E-state index contributed by atoms with van der Waals surface area (Å²) >= 11 is 3.39. The highest BCUT2D eigenvalue weighted by atomic mass is 79.9. The second-order valence-electron chi connectivity index (χ2n) is 5.11. The maximum absolute atomic E-state index is 12.5. The zero-order valence-electron chi connectivity index (χ0n) is 13.5. The van der Waals surface area contributed by atoms with Crippen molar-refractivity contribution in [1.29, 1.82) is 0 Å². The molecule has 0 aliphatic heterocycles. The largest absolute Gasteiger partial charge is 0.476 e. The molecule has 2 aromatic rings. The van der Waals surface area contributed by atoms with Gasteiger partial charge in [0.1, 0.15) is 5.75 Å². The zero-order valence-corrected chi connectivity index (χ0v) is 15.9. The number of halogens is 2. The monoisotopic (exact) mass is 412 g/mol. The molecule has 6 heteroatoms. The van der Waals surface area contributed by atoms with Crippen LogP contribution in [0.1, 0.15) is 18.1 Å². The lowest BCUT2D eigenvalue weighted by molar-refractivity contribution is -0.128. The van der Waals surface area contributed by atoms with Gasteiger partial charge in [-0.05, 0) is 44.3 Å².